The number of para-hydroxylation sites is 1. The fourth-order valence-corrected chi connectivity index (χ4v) is 2.52. The van der Waals surface area contributed by atoms with Crippen molar-refractivity contribution < 1.29 is 0 Å². The second-order valence-corrected chi connectivity index (χ2v) is 4.76. The summed E-state index contributed by atoms with van der Waals surface area (Å²) < 4.78 is 3.19. The van der Waals surface area contributed by atoms with E-state index in [-0.39, 0.29) is 5.56 Å². The van der Waals surface area contributed by atoms with E-state index in [1.807, 2.05) is 43.3 Å². The van der Waals surface area contributed by atoms with Gasteiger partial charge in [0, 0.05) is 11.9 Å². The summed E-state index contributed by atoms with van der Waals surface area (Å²) in [5.74, 6) is 0.497. The molecule has 6 heteroatoms. The molecule has 0 saturated heterocycles. The Labute approximate surface area is 119 Å². The Morgan fingerprint density at radius 3 is 2.71 bits per heavy atom. The molecule has 0 unspecified atom stereocenters. The molecule has 21 heavy (non-hydrogen) atoms. The van der Waals surface area contributed by atoms with Crippen molar-refractivity contribution in [3.8, 4) is 5.69 Å². The first-order chi connectivity index (χ1) is 10.3. The Morgan fingerprint density at radius 1 is 1.10 bits per heavy atom. The topological polar surface area (TPSA) is 65.1 Å². The lowest BCUT2D eigenvalue weighted by Gasteiger charge is -2.09. The lowest BCUT2D eigenvalue weighted by Crippen LogP contribution is -2.20. The molecule has 0 spiro atoms. The van der Waals surface area contributed by atoms with Crippen LogP contribution in [0, 0.1) is 6.92 Å². The molecule has 0 fully saturated rings. The van der Waals surface area contributed by atoms with Gasteiger partial charge in [-0.25, -0.2) is 4.98 Å². The van der Waals surface area contributed by atoms with E-state index < -0.39 is 0 Å². The predicted molar refractivity (Wildman–Crippen MR) is 78.6 cm³/mol. The first-order valence-corrected chi connectivity index (χ1v) is 6.53. The number of nitrogens with zero attached hydrogens (tertiary/aromatic N) is 5. The third kappa shape index (κ3) is 1.66. The van der Waals surface area contributed by atoms with Gasteiger partial charge < -0.3 is 0 Å². The van der Waals surface area contributed by atoms with Crippen molar-refractivity contribution in [2.45, 2.75) is 6.92 Å². The fraction of sp³-hybridized carbons (Fsp3) is 0.0667. The van der Waals surface area contributed by atoms with Crippen LogP contribution in [0.2, 0.25) is 0 Å². The Kier molecular flexibility index (Phi) is 2.38. The second kappa shape index (κ2) is 4.24. The van der Waals surface area contributed by atoms with Crippen LogP contribution in [0.3, 0.4) is 0 Å². The fourth-order valence-electron chi connectivity index (χ4n) is 2.52. The van der Waals surface area contributed by atoms with Crippen molar-refractivity contribution >= 4 is 16.7 Å². The van der Waals surface area contributed by atoms with Crippen LogP contribution in [0.25, 0.3) is 22.4 Å². The molecule has 4 rings (SSSR count). The van der Waals surface area contributed by atoms with Crippen molar-refractivity contribution in [2.24, 2.45) is 0 Å². The number of benzene rings is 1. The van der Waals surface area contributed by atoms with Gasteiger partial charge in [-0.1, -0.05) is 18.2 Å². The molecular formula is C15H11N5O. The van der Waals surface area contributed by atoms with Crippen molar-refractivity contribution in [1.29, 1.82) is 0 Å². The molecule has 0 bridgehead atoms. The van der Waals surface area contributed by atoms with Gasteiger partial charge in [0.2, 0.25) is 0 Å². The summed E-state index contributed by atoms with van der Waals surface area (Å²) in [6.07, 6.45) is 3.19. The third-order valence-electron chi connectivity index (χ3n) is 3.49. The molecular weight excluding hydrogens is 266 g/mol. The van der Waals surface area contributed by atoms with E-state index in [1.165, 1.54) is 6.33 Å². The predicted octanol–water partition coefficient (Wildman–Crippen LogP) is 1.74. The molecule has 102 valence electrons. The third-order valence-corrected chi connectivity index (χ3v) is 3.49. The van der Waals surface area contributed by atoms with E-state index in [9.17, 15) is 4.79 Å². The lowest BCUT2D eigenvalue weighted by molar-refractivity contribution is 0.949. The number of hydrogen-bond acceptors (Lipinski definition) is 4. The van der Waals surface area contributed by atoms with Crippen LogP contribution in [-0.4, -0.2) is 24.1 Å². The summed E-state index contributed by atoms with van der Waals surface area (Å²) in [4.78, 5) is 21.2. The van der Waals surface area contributed by atoms with E-state index in [2.05, 4.69) is 15.1 Å². The van der Waals surface area contributed by atoms with Crippen LogP contribution in [0.15, 0.2) is 53.7 Å². The van der Waals surface area contributed by atoms with Gasteiger partial charge >= 0.3 is 0 Å². The summed E-state index contributed by atoms with van der Waals surface area (Å²) in [5, 5.41) is 4.68. The Morgan fingerprint density at radius 2 is 1.90 bits per heavy atom. The maximum Gasteiger partial charge on any atom is 0.266 e. The standard InChI is InChI=1S/C15H11N5O/c1-10-13-12(20-15(18-10)16-9-17-20)7-8-19(14(13)21)11-5-3-2-4-6-11/h2-9H,1H3. The Bertz CT molecular complexity index is 1020. The second-order valence-electron chi connectivity index (χ2n) is 4.76. The van der Waals surface area contributed by atoms with Gasteiger partial charge in [-0.3, -0.25) is 9.36 Å². The molecule has 0 aliphatic carbocycles. The van der Waals surface area contributed by atoms with Crippen LogP contribution < -0.4 is 5.56 Å². The first kappa shape index (κ1) is 11.8. The highest BCUT2D eigenvalue weighted by Gasteiger charge is 2.12. The summed E-state index contributed by atoms with van der Waals surface area (Å²) >= 11 is 0. The van der Waals surface area contributed by atoms with Crippen LogP contribution in [-0.2, 0) is 0 Å². The molecule has 4 aromatic rings. The molecule has 1 aromatic carbocycles. The zero-order chi connectivity index (χ0) is 14.4. The van der Waals surface area contributed by atoms with Gasteiger partial charge in [-0.15, -0.1) is 0 Å². The quantitative estimate of drug-likeness (QED) is 0.531. The number of pyridine rings is 1. The summed E-state index contributed by atoms with van der Waals surface area (Å²) in [5.41, 5.74) is 2.08. The molecule has 3 aromatic heterocycles. The molecule has 0 amide bonds. The minimum absolute atomic E-state index is 0.110. The van der Waals surface area contributed by atoms with Crippen LogP contribution in [0.5, 0.6) is 0 Å². The monoisotopic (exact) mass is 277 g/mol. The number of hydrogen-bond donors (Lipinski definition) is 0. The van der Waals surface area contributed by atoms with Gasteiger partial charge in [0.15, 0.2) is 0 Å². The van der Waals surface area contributed by atoms with E-state index >= 15 is 0 Å². The van der Waals surface area contributed by atoms with Crippen molar-refractivity contribution in [3.63, 3.8) is 0 Å². The number of aromatic nitrogens is 5. The Hall–Kier alpha value is -3.02. The summed E-state index contributed by atoms with van der Waals surface area (Å²) in [6.45, 7) is 1.81. The van der Waals surface area contributed by atoms with Crippen molar-refractivity contribution in [3.05, 3.63) is 65.0 Å². The van der Waals surface area contributed by atoms with Gasteiger partial charge in [0.05, 0.1) is 16.6 Å². The van der Waals surface area contributed by atoms with Gasteiger partial charge in [-0.05, 0) is 25.1 Å². The van der Waals surface area contributed by atoms with Crippen molar-refractivity contribution in [1.82, 2.24) is 24.1 Å². The zero-order valence-electron chi connectivity index (χ0n) is 11.3. The smallest absolute Gasteiger partial charge is 0.266 e. The van der Waals surface area contributed by atoms with E-state index in [0.717, 1.165) is 5.69 Å². The van der Waals surface area contributed by atoms with Crippen molar-refractivity contribution in [2.75, 3.05) is 0 Å². The maximum atomic E-state index is 12.8. The van der Waals surface area contributed by atoms with E-state index in [0.29, 0.717) is 22.4 Å². The lowest BCUT2D eigenvalue weighted by atomic mass is 10.2. The molecule has 0 aliphatic rings. The normalized spacial score (nSPS) is 11.3. The summed E-state index contributed by atoms with van der Waals surface area (Å²) in [7, 11) is 0. The Balaban J connectivity index is 2.15. The highest BCUT2D eigenvalue weighted by Crippen LogP contribution is 2.15. The van der Waals surface area contributed by atoms with E-state index in [4.69, 9.17) is 0 Å². The number of aryl methyl sites for hydroxylation is 1. The van der Waals surface area contributed by atoms with E-state index in [1.54, 1.807) is 15.3 Å². The van der Waals surface area contributed by atoms with Crippen LogP contribution in [0.4, 0.5) is 0 Å². The average molecular weight is 277 g/mol. The highest BCUT2D eigenvalue weighted by atomic mass is 16.1. The zero-order valence-corrected chi connectivity index (χ0v) is 11.3. The number of fused-ring (bicyclic) bond motifs is 3. The van der Waals surface area contributed by atoms with Crippen LogP contribution >= 0.6 is 0 Å². The van der Waals surface area contributed by atoms with Gasteiger partial charge in [-0.2, -0.15) is 14.6 Å². The molecule has 6 nitrogen and oxygen atoms in total. The van der Waals surface area contributed by atoms with Gasteiger partial charge in [0.1, 0.15) is 6.33 Å². The van der Waals surface area contributed by atoms with Gasteiger partial charge in [0.25, 0.3) is 11.3 Å². The minimum Gasteiger partial charge on any atom is -0.284 e. The minimum atomic E-state index is -0.110. The molecule has 0 N–H and O–H groups in total. The average Bonchev–Trinajstić information content (AvgIpc) is 2.96. The largest absolute Gasteiger partial charge is 0.284 e. The first-order valence-electron chi connectivity index (χ1n) is 6.53. The maximum absolute atomic E-state index is 12.8. The molecule has 0 saturated carbocycles. The highest BCUT2D eigenvalue weighted by molar-refractivity contribution is 5.82. The molecule has 0 aliphatic heterocycles. The molecule has 0 radical (unpaired) electrons. The SMILES string of the molecule is Cc1nc2ncnn2c2ccn(-c3ccccc3)c(=O)c12. The summed E-state index contributed by atoms with van der Waals surface area (Å²) in [6, 6.07) is 11.4. The van der Waals surface area contributed by atoms with Crippen LogP contribution in [0.1, 0.15) is 5.69 Å². The molecule has 0 atom stereocenters. The molecule has 3 heterocycles. The number of rotatable bonds is 1.